The van der Waals surface area contributed by atoms with Crippen LogP contribution in [0.3, 0.4) is 0 Å². The topological polar surface area (TPSA) is 47.6 Å². The second kappa shape index (κ2) is 7.89. The number of carbonyl (C=O) groups is 1. The lowest BCUT2D eigenvalue weighted by molar-refractivity contribution is -0.149. The Balaban J connectivity index is 1.32. The van der Waals surface area contributed by atoms with Gasteiger partial charge < -0.3 is 14.8 Å². The van der Waals surface area contributed by atoms with Crippen LogP contribution in [0.4, 0.5) is 0 Å². The quantitative estimate of drug-likeness (QED) is 0.694. The third-order valence-electron chi connectivity index (χ3n) is 8.12. The van der Waals surface area contributed by atoms with E-state index in [-0.39, 0.29) is 16.7 Å². The van der Waals surface area contributed by atoms with Crippen LogP contribution in [-0.2, 0) is 16.6 Å². The monoisotopic (exact) mass is 419 g/mol. The number of carbonyl (C=O) groups excluding carboxylic acids is 1. The molecule has 1 N–H and O–H groups in total. The van der Waals surface area contributed by atoms with Gasteiger partial charge in [-0.3, -0.25) is 4.79 Å². The second-order valence-corrected chi connectivity index (χ2v) is 10.1. The minimum atomic E-state index is -0.204. The van der Waals surface area contributed by atoms with E-state index in [1.54, 1.807) is 14.2 Å². The van der Waals surface area contributed by atoms with Crippen LogP contribution in [0, 0.1) is 17.3 Å². The Kier molecular flexibility index (Phi) is 5.19. The highest BCUT2D eigenvalue weighted by Crippen LogP contribution is 2.65. The van der Waals surface area contributed by atoms with Crippen molar-refractivity contribution in [2.24, 2.45) is 17.3 Å². The van der Waals surface area contributed by atoms with E-state index in [0.29, 0.717) is 18.4 Å². The molecule has 164 valence electrons. The molecule has 4 aliphatic rings. The first-order valence-corrected chi connectivity index (χ1v) is 11.6. The van der Waals surface area contributed by atoms with Crippen molar-refractivity contribution >= 4 is 5.91 Å². The maximum absolute atomic E-state index is 13.6. The lowest BCUT2D eigenvalue weighted by Crippen LogP contribution is -2.59. The third-order valence-corrected chi connectivity index (χ3v) is 8.12. The Morgan fingerprint density at radius 1 is 0.968 bits per heavy atom. The fraction of sp³-hybridized carbons (Fsp3) is 0.519. The van der Waals surface area contributed by atoms with Crippen molar-refractivity contribution in [2.45, 2.75) is 50.4 Å². The number of nitrogens with one attached hydrogen (secondary N) is 1. The zero-order valence-corrected chi connectivity index (χ0v) is 18.7. The van der Waals surface area contributed by atoms with Gasteiger partial charge >= 0.3 is 0 Å². The molecule has 0 radical (unpaired) electrons. The number of ether oxygens (including phenoxy) is 2. The van der Waals surface area contributed by atoms with Gasteiger partial charge in [0.05, 0.1) is 19.6 Å². The molecule has 4 atom stereocenters. The van der Waals surface area contributed by atoms with E-state index in [4.69, 9.17) is 9.47 Å². The van der Waals surface area contributed by atoms with Gasteiger partial charge in [0.15, 0.2) is 0 Å². The van der Waals surface area contributed by atoms with E-state index in [0.717, 1.165) is 42.7 Å². The van der Waals surface area contributed by atoms with Crippen molar-refractivity contribution in [3.05, 3.63) is 59.7 Å². The highest BCUT2D eigenvalue weighted by Gasteiger charge is 2.60. The van der Waals surface area contributed by atoms with Crippen molar-refractivity contribution in [2.75, 3.05) is 20.8 Å². The van der Waals surface area contributed by atoms with Crippen LogP contribution in [0.15, 0.2) is 48.5 Å². The van der Waals surface area contributed by atoms with Crippen LogP contribution in [0.1, 0.15) is 49.7 Å². The summed E-state index contributed by atoms with van der Waals surface area (Å²) in [6.07, 6.45) is 7.65. The van der Waals surface area contributed by atoms with E-state index in [1.165, 1.54) is 24.8 Å². The summed E-state index contributed by atoms with van der Waals surface area (Å²) in [7, 11) is 3.41. The van der Waals surface area contributed by atoms with Crippen LogP contribution < -0.4 is 14.8 Å². The number of benzene rings is 2. The molecule has 4 saturated carbocycles. The molecule has 0 spiro atoms. The number of para-hydroxylation sites is 1. The van der Waals surface area contributed by atoms with Crippen molar-refractivity contribution < 1.29 is 14.3 Å². The number of amides is 1. The maximum Gasteiger partial charge on any atom is 0.226 e. The van der Waals surface area contributed by atoms with Crippen LogP contribution in [-0.4, -0.2) is 26.7 Å². The Morgan fingerprint density at radius 2 is 1.68 bits per heavy atom. The molecule has 2 aromatic rings. The van der Waals surface area contributed by atoms with Gasteiger partial charge in [-0.2, -0.15) is 0 Å². The highest BCUT2D eigenvalue weighted by molar-refractivity contribution is 5.83. The van der Waals surface area contributed by atoms with Crippen LogP contribution in [0.2, 0.25) is 0 Å². The number of rotatable bonds is 7. The molecule has 31 heavy (non-hydrogen) atoms. The first-order valence-electron chi connectivity index (χ1n) is 11.6. The zero-order valence-electron chi connectivity index (χ0n) is 18.7. The fourth-order valence-electron chi connectivity index (χ4n) is 7.22. The first kappa shape index (κ1) is 20.4. The Bertz CT molecular complexity index is 937. The molecule has 4 aliphatic carbocycles. The molecule has 0 heterocycles. The maximum atomic E-state index is 13.6. The molecule has 4 fully saturated rings. The SMILES string of the molecule is COc1ccc(C23C[C@@H]4C[C@@H](CC(C(=O)NCCc5ccccc5OC)(C4)C2)C3)cc1. The number of methoxy groups -OCH3 is 2. The van der Waals surface area contributed by atoms with Gasteiger partial charge in [0.25, 0.3) is 0 Å². The third kappa shape index (κ3) is 3.60. The summed E-state index contributed by atoms with van der Waals surface area (Å²) in [4.78, 5) is 13.6. The normalized spacial score (nSPS) is 30.8. The van der Waals surface area contributed by atoms with E-state index < -0.39 is 0 Å². The van der Waals surface area contributed by atoms with Gasteiger partial charge in [0, 0.05) is 6.54 Å². The Morgan fingerprint density at radius 3 is 2.35 bits per heavy atom. The predicted octanol–water partition coefficient (Wildman–Crippen LogP) is 4.90. The van der Waals surface area contributed by atoms with Crippen molar-refractivity contribution in [1.82, 2.24) is 5.32 Å². The molecule has 1 amide bonds. The minimum absolute atomic E-state index is 0.149. The molecule has 0 aromatic heterocycles. The number of hydrogen-bond donors (Lipinski definition) is 1. The van der Waals surface area contributed by atoms with Crippen LogP contribution in [0.5, 0.6) is 11.5 Å². The van der Waals surface area contributed by atoms with Gasteiger partial charge in [0.2, 0.25) is 5.91 Å². The summed E-state index contributed by atoms with van der Waals surface area (Å²) in [5, 5.41) is 3.31. The Labute approximate surface area is 185 Å². The van der Waals surface area contributed by atoms with Gasteiger partial charge in [-0.15, -0.1) is 0 Å². The number of hydrogen-bond acceptors (Lipinski definition) is 3. The largest absolute Gasteiger partial charge is 0.497 e. The van der Waals surface area contributed by atoms with E-state index in [1.807, 2.05) is 18.2 Å². The van der Waals surface area contributed by atoms with Gasteiger partial charge in [-0.1, -0.05) is 30.3 Å². The molecule has 4 nitrogen and oxygen atoms in total. The summed E-state index contributed by atoms with van der Waals surface area (Å²) in [5.41, 5.74) is 2.49. The summed E-state index contributed by atoms with van der Waals surface area (Å²) < 4.78 is 10.8. The predicted molar refractivity (Wildman–Crippen MR) is 121 cm³/mol. The standard InChI is InChI=1S/C27H33NO3/c1-30-23-9-7-22(8-10-23)26-14-19-13-20(15-26)17-27(16-19,18-26)25(29)28-12-11-21-5-3-4-6-24(21)31-2/h3-10,19-20H,11-18H2,1-2H3,(H,28,29)/t19-,20+,26?,27?. The molecule has 4 bridgehead atoms. The first-order chi connectivity index (χ1) is 15.1. The molecule has 0 aliphatic heterocycles. The molecular weight excluding hydrogens is 386 g/mol. The molecule has 4 heteroatoms. The van der Waals surface area contributed by atoms with E-state index in [9.17, 15) is 4.79 Å². The fourth-order valence-corrected chi connectivity index (χ4v) is 7.22. The zero-order chi connectivity index (χ0) is 21.5. The summed E-state index contributed by atoms with van der Waals surface area (Å²) in [5.74, 6) is 3.41. The lowest BCUT2D eigenvalue weighted by Gasteiger charge is -2.61. The van der Waals surface area contributed by atoms with Crippen molar-refractivity contribution in [3.8, 4) is 11.5 Å². The summed E-state index contributed by atoms with van der Waals surface area (Å²) in [6.45, 7) is 0.659. The molecular formula is C27H33NO3. The minimum Gasteiger partial charge on any atom is -0.497 e. The van der Waals surface area contributed by atoms with Gasteiger partial charge in [0.1, 0.15) is 11.5 Å². The van der Waals surface area contributed by atoms with Gasteiger partial charge in [-0.25, -0.2) is 0 Å². The van der Waals surface area contributed by atoms with E-state index in [2.05, 4.69) is 35.6 Å². The van der Waals surface area contributed by atoms with Crippen LogP contribution >= 0.6 is 0 Å². The Hall–Kier alpha value is -2.49. The van der Waals surface area contributed by atoms with Crippen LogP contribution in [0.25, 0.3) is 0 Å². The van der Waals surface area contributed by atoms with Gasteiger partial charge in [-0.05, 0) is 91.5 Å². The molecule has 6 rings (SSSR count). The molecule has 2 aromatic carbocycles. The van der Waals surface area contributed by atoms with E-state index >= 15 is 0 Å². The molecule has 2 unspecified atom stereocenters. The average Bonchev–Trinajstić information content (AvgIpc) is 2.78. The second-order valence-electron chi connectivity index (χ2n) is 10.1. The highest BCUT2D eigenvalue weighted by atomic mass is 16.5. The van der Waals surface area contributed by atoms with Crippen molar-refractivity contribution in [3.63, 3.8) is 0 Å². The van der Waals surface area contributed by atoms with Crippen molar-refractivity contribution in [1.29, 1.82) is 0 Å². The smallest absolute Gasteiger partial charge is 0.226 e. The summed E-state index contributed by atoms with van der Waals surface area (Å²) in [6, 6.07) is 16.7. The average molecular weight is 420 g/mol. The lowest BCUT2D eigenvalue weighted by atomic mass is 9.42. The molecule has 0 saturated heterocycles. The summed E-state index contributed by atoms with van der Waals surface area (Å²) >= 11 is 0.